The van der Waals surface area contributed by atoms with Crippen molar-refractivity contribution >= 4 is 16.9 Å². The molecule has 0 spiro atoms. The van der Waals surface area contributed by atoms with Gasteiger partial charge in [0.05, 0.1) is 23.6 Å². The van der Waals surface area contributed by atoms with Crippen molar-refractivity contribution in [1.29, 1.82) is 0 Å². The Balaban J connectivity index is 2.01. The number of carbonyl (C=O) groups excluding carboxylic acids is 1. The number of hydrogen-bond donors (Lipinski definition) is 1. The molecular formula is C20H16FNO4. The molecular weight excluding hydrogens is 337 g/mol. The number of benzene rings is 2. The van der Waals surface area contributed by atoms with E-state index in [1.54, 1.807) is 0 Å². The first kappa shape index (κ1) is 16.5. The number of carbonyl (C=O) groups is 1. The van der Waals surface area contributed by atoms with Crippen LogP contribution in [0, 0.1) is 12.7 Å². The predicted octanol–water partition coefficient (Wildman–Crippen LogP) is 2.78. The van der Waals surface area contributed by atoms with Crippen molar-refractivity contribution in [3.8, 4) is 0 Å². The highest BCUT2D eigenvalue weighted by Crippen LogP contribution is 2.37. The first-order chi connectivity index (χ1) is 12.5. The maximum Gasteiger partial charge on any atom is 0.290 e. The Morgan fingerprint density at radius 3 is 2.58 bits per heavy atom. The van der Waals surface area contributed by atoms with Crippen LogP contribution < -0.4 is 5.43 Å². The van der Waals surface area contributed by atoms with Crippen molar-refractivity contribution in [3.63, 3.8) is 0 Å². The molecule has 4 rings (SSSR count). The number of β-amino-alcohol motifs (C(OH)–C–C–N with tert-alkyl or cyclic N) is 1. The molecule has 2 heterocycles. The zero-order chi connectivity index (χ0) is 18.4. The average molecular weight is 353 g/mol. The van der Waals surface area contributed by atoms with Gasteiger partial charge < -0.3 is 14.4 Å². The Bertz CT molecular complexity index is 1070. The Morgan fingerprint density at radius 1 is 1.15 bits per heavy atom. The minimum Gasteiger partial charge on any atom is -0.450 e. The third-order valence-corrected chi connectivity index (χ3v) is 4.66. The van der Waals surface area contributed by atoms with Crippen molar-refractivity contribution in [2.45, 2.75) is 13.0 Å². The fraction of sp³-hybridized carbons (Fsp3) is 0.200. The van der Waals surface area contributed by atoms with Gasteiger partial charge in [-0.1, -0.05) is 29.8 Å². The van der Waals surface area contributed by atoms with Gasteiger partial charge in [-0.15, -0.1) is 0 Å². The number of hydrogen-bond acceptors (Lipinski definition) is 4. The predicted molar refractivity (Wildman–Crippen MR) is 93.6 cm³/mol. The van der Waals surface area contributed by atoms with E-state index in [4.69, 9.17) is 4.42 Å². The molecule has 1 aromatic heterocycles. The molecule has 3 aromatic rings. The Morgan fingerprint density at radius 2 is 1.88 bits per heavy atom. The summed E-state index contributed by atoms with van der Waals surface area (Å²) in [5, 5.41) is 9.47. The Kier molecular flexibility index (Phi) is 3.85. The van der Waals surface area contributed by atoms with Gasteiger partial charge in [0.1, 0.15) is 11.4 Å². The van der Waals surface area contributed by atoms with Crippen LogP contribution in [0.15, 0.2) is 51.7 Å². The molecule has 0 aliphatic carbocycles. The summed E-state index contributed by atoms with van der Waals surface area (Å²) < 4.78 is 19.3. The topological polar surface area (TPSA) is 70.8 Å². The van der Waals surface area contributed by atoms with Crippen LogP contribution in [-0.2, 0) is 0 Å². The highest BCUT2D eigenvalue weighted by atomic mass is 19.1. The van der Waals surface area contributed by atoms with E-state index in [2.05, 4.69) is 0 Å². The number of nitrogens with zero attached hydrogens (tertiary/aromatic N) is 1. The van der Waals surface area contributed by atoms with E-state index in [0.717, 1.165) is 17.2 Å². The standard InChI is InChI=1S/C20H16FNO4/c1-11-2-4-12(5-3-11)17-16-18(24)14-10-13(21)6-7-15(14)26-19(16)20(25)22(17)8-9-23/h2-7,10,17,23H,8-9H2,1H3. The Labute approximate surface area is 148 Å². The SMILES string of the molecule is Cc1ccc(C2c3c(oc4ccc(F)cc4c3=O)C(=O)N2CCO)cc1. The van der Waals surface area contributed by atoms with E-state index < -0.39 is 23.2 Å². The second-order valence-electron chi connectivity index (χ2n) is 6.35. The van der Waals surface area contributed by atoms with Crippen LogP contribution in [0.1, 0.15) is 33.3 Å². The lowest BCUT2D eigenvalue weighted by Gasteiger charge is -2.24. The molecule has 0 saturated carbocycles. The largest absolute Gasteiger partial charge is 0.450 e. The maximum absolute atomic E-state index is 13.6. The third kappa shape index (κ3) is 2.42. The second kappa shape index (κ2) is 6.07. The summed E-state index contributed by atoms with van der Waals surface area (Å²) in [6.07, 6.45) is 0. The minimum atomic E-state index is -0.672. The van der Waals surface area contributed by atoms with Crippen LogP contribution in [0.2, 0.25) is 0 Å². The van der Waals surface area contributed by atoms with Crippen LogP contribution in [0.4, 0.5) is 4.39 Å². The zero-order valence-electron chi connectivity index (χ0n) is 14.0. The summed E-state index contributed by atoms with van der Waals surface area (Å²) in [7, 11) is 0. The van der Waals surface area contributed by atoms with Crippen LogP contribution in [0.5, 0.6) is 0 Å². The fourth-order valence-corrected chi connectivity index (χ4v) is 3.43. The van der Waals surface area contributed by atoms with Crippen molar-refractivity contribution < 1.29 is 18.7 Å². The number of aryl methyl sites for hydroxylation is 1. The molecule has 1 aliphatic rings. The lowest BCUT2D eigenvalue weighted by Crippen LogP contribution is -2.32. The molecule has 26 heavy (non-hydrogen) atoms. The van der Waals surface area contributed by atoms with Gasteiger partial charge in [-0.25, -0.2) is 4.39 Å². The molecule has 1 atom stereocenters. The summed E-state index contributed by atoms with van der Waals surface area (Å²) in [6.45, 7) is 1.75. The van der Waals surface area contributed by atoms with Gasteiger partial charge in [0.25, 0.3) is 5.91 Å². The maximum atomic E-state index is 13.6. The molecule has 0 bridgehead atoms. The van der Waals surface area contributed by atoms with E-state index in [-0.39, 0.29) is 35.4 Å². The van der Waals surface area contributed by atoms with Crippen molar-refractivity contribution in [3.05, 3.63) is 81.0 Å². The molecule has 2 aromatic carbocycles. The number of rotatable bonds is 3. The van der Waals surface area contributed by atoms with Crippen LogP contribution in [-0.4, -0.2) is 29.1 Å². The average Bonchev–Trinajstić information content (AvgIpc) is 2.90. The lowest BCUT2D eigenvalue weighted by molar-refractivity contribution is 0.0691. The summed E-state index contributed by atoms with van der Waals surface area (Å²) in [6, 6.07) is 10.4. The molecule has 1 amide bonds. The van der Waals surface area contributed by atoms with Gasteiger partial charge in [0.2, 0.25) is 5.76 Å². The van der Waals surface area contributed by atoms with E-state index in [1.807, 2.05) is 31.2 Å². The summed E-state index contributed by atoms with van der Waals surface area (Å²) in [5.74, 6) is -1.05. The van der Waals surface area contributed by atoms with Gasteiger partial charge >= 0.3 is 0 Å². The van der Waals surface area contributed by atoms with E-state index in [0.29, 0.717) is 0 Å². The van der Waals surface area contributed by atoms with Gasteiger partial charge in [-0.3, -0.25) is 9.59 Å². The van der Waals surface area contributed by atoms with E-state index >= 15 is 0 Å². The number of aliphatic hydroxyl groups is 1. The molecule has 1 aliphatic heterocycles. The van der Waals surface area contributed by atoms with E-state index in [9.17, 15) is 19.1 Å². The normalized spacial score (nSPS) is 16.3. The van der Waals surface area contributed by atoms with Gasteiger partial charge in [0, 0.05) is 6.54 Å². The Hall–Kier alpha value is -2.99. The van der Waals surface area contributed by atoms with Gasteiger partial charge in [-0.2, -0.15) is 0 Å². The summed E-state index contributed by atoms with van der Waals surface area (Å²) in [4.78, 5) is 27.3. The lowest BCUT2D eigenvalue weighted by atomic mass is 9.98. The van der Waals surface area contributed by atoms with Crippen LogP contribution in [0.3, 0.4) is 0 Å². The molecule has 5 nitrogen and oxygen atoms in total. The molecule has 0 radical (unpaired) electrons. The first-order valence-corrected chi connectivity index (χ1v) is 8.26. The van der Waals surface area contributed by atoms with Gasteiger partial charge in [0.15, 0.2) is 5.43 Å². The summed E-state index contributed by atoms with van der Waals surface area (Å²) >= 11 is 0. The summed E-state index contributed by atoms with van der Waals surface area (Å²) in [5.41, 5.74) is 1.70. The monoisotopic (exact) mass is 353 g/mol. The molecule has 0 fully saturated rings. The van der Waals surface area contributed by atoms with E-state index in [1.165, 1.54) is 17.0 Å². The molecule has 132 valence electrons. The first-order valence-electron chi connectivity index (χ1n) is 8.26. The van der Waals surface area contributed by atoms with Crippen molar-refractivity contribution in [2.75, 3.05) is 13.2 Å². The van der Waals surface area contributed by atoms with Gasteiger partial charge in [-0.05, 0) is 30.7 Å². The smallest absolute Gasteiger partial charge is 0.290 e. The zero-order valence-corrected chi connectivity index (χ0v) is 14.0. The molecule has 1 unspecified atom stereocenters. The van der Waals surface area contributed by atoms with Crippen LogP contribution >= 0.6 is 0 Å². The fourth-order valence-electron chi connectivity index (χ4n) is 3.43. The number of aliphatic hydroxyl groups excluding tert-OH is 1. The quantitative estimate of drug-likeness (QED) is 0.786. The van der Waals surface area contributed by atoms with Crippen molar-refractivity contribution in [1.82, 2.24) is 4.90 Å². The number of amides is 1. The highest BCUT2D eigenvalue weighted by molar-refractivity contribution is 5.99. The minimum absolute atomic E-state index is 0.0480. The third-order valence-electron chi connectivity index (χ3n) is 4.66. The van der Waals surface area contributed by atoms with Crippen LogP contribution in [0.25, 0.3) is 11.0 Å². The number of halogens is 1. The molecule has 1 N–H and O–H groups in total. The van der Waals surface area contributed by atoms with Crippen molar-refractivity contribution in [2.24, 2.45) is 0 Å². The molecule has 0 saturated heterocycles. The highest BCUT2D eigenvalue weighted by Gasteiger charge is 2.42. The second-order valence-corrected chi connectivity index (χ2v) is 6.35. The number of fused-ring (bicyclic) bond motifs is 2. The molecule has 6 heteroatoms.